The number of hydrogen-bond acceptors (Lipinski definition) is 7. The van der Waals surface area contributed by atoms with Gasteiger partial charge < -0.3 is 14.4 Å². The van der Waals surface area contributed by atoms with E-state index in [0.29, 0.717) is 11.1 Å². The number of esters is 1. The van der Waals surface area contributed by atoms with Crippen molar-refractivity contribution in [3.63, 3.8) is 0 Å². The Bertz CT molecular complexity index is 2130. The van der Waals surface area contributed by atoms with Crippen molar-refractivity contribution in [2.75, 3.05) is 6.61 Å². The molecule has 0 bridgehead atoms. The normalized spacial score (nSPS) is 12.4. The predicted molar refractivity (Wildman–Crippen MR) is 174 cm³/mol. The number of alkyl halides is 6. The summed E-state index contributed by atoms with van der Waals surface area (Å²) in [6.07, 6.45) is -7.15. The quantitative estimate of drug-likeness (QED) is 0.0814. The zero-order valence-electron chi connectivity index (χ0n) is 26.1. The van der Waals surface area contributed by atoms with Gasteiger partial charge in [0.25, 0.3) is 5.56 Å². The first kappa shape index (κ1) is 37.1. The average molecular weight is 753 g/mol. The molecule has 0 N–H and O–H groups in total. The van der Waals surface area contributed by atoms with E-state index in [9.17, 15) is 40.7 Å². The SMILES string of the molecule is C[C@H](c1nc2cccc(OC(=O)C(F)(F)F)c2c(=O)n1-c1ccc(OCC(F)(F)F)cc1)N(Cc1cccnc1)C(=O)Cc1ccc(Cl)c(Cl)c1. The molecule has 5 rings (SSSR count). The first-order valence-corrected chi connectivity index (χ1v) is 15.5. The van der Waals surface area contributed by atoms with Gasteiger partial charge >= 0.3 is 18.3 Å². The number of fused-ring (bicyclic) bond motifs is 1. The summed E-state index contributed by atoms with van der Waals surface area (Å²) in [6.45, 7) is -0.0810. The summed E-state index contributed by atoms with van der Waals surface area (Å²) in [6, 6.07) is 15.2. The Labute approximate surface area is 295 Å². The number of pyridine rings is 1. The summed E-state index contributed by atoms with van der Waals surface area (Å²) in [7, 11) is 0. The Balaban J connectivity index is 1.67. The maximum atomic E-state index is 14.3. The Kier molecular flexibility index (Phi) is 10.9. The van der Waals surface area contributed by atoms with Crippen molar-refractivity contribution in [3.8, 4) is 17.2 Å². The van der Waals surface area contributed by atoms with Crippen molar-refractivity contribution in [2.24, 2.45) is 0 Å². The summed E-state index contributed by atoms with van der Waals surface area (Å²) >= 11 is 12.2. The van der Waals surface area contributed by atoms with Crippen LogP contribution in [0.2, 0.25) is 10.0 Å². The van der Waals surface area contributed by atoms with Gasteiger partial charge in [0.2, 0.25) is 5.91 Å². The van der Waals surface area contributed by atoms with Gasteiger partial charge in [-0.3, -0.25) is 19.1 Å². The number of nitrogens with zero attached hydrogens (tertiary/aromatic N) is 4. The average Bonchev–Trinajstić information content (AvgIpc) is 3.07. The molecule has 51 heavy (non-hydrogen) atoms. The lowest BCUT2D eigenvalue weighted by molar-refractivity contribution is -0.189. The third-order valence-electron chi connectivity index (χ3n) is 7.39. The van der Waals surface area contributed by atoms with Gasteiger partial charge in [0.15, 0.2) is 6.61 Å². The molecule has 5 aromatic rings. The summed E-state index contributed by atoms with van der Waals surface area (Å²) in [4.78, 5) is 50.2. The van der Waals surface area contributed by atoms with E-state index in [1.807, 2.05) is 0 Å². The number of aromatic nitrogens is 3. The molecule has 3 aromatic carbocycles. The van der Waals surface area contributed by atoms with Crippen molar-refractivity contribution >= 4 is 46.0 Å². The highest BCUT2D eigenvalue weighted by atomic mass is 35.5. The third-order valence-corrected chi connectivity index (χ3v) is 8.13. The third kappa shape index (κ3) is 8.96. The zero-order chi connectivity index (χ0) is 37.1. The molecular formula is C34H24Cl2F6N4O5. The minimum absolute atomic E-state index is 0.00850. The van der Waals surface area contributed by atoms with Crippen LogP contribution in [0.3, 0.4) is 0 Å². The van der Waals surface area contributed by atoms with E-state index in [4.69, 9.17) is 27.9 Å². The smallest absolute Gasteiger partial charge is 0.484 e. The molecule has 0 aliphatic heterocycles. The monoisotopic (exact) mass is 752 g/mol. The van der Waals surface area contributed by atoms with Gasteiger partial charge in [-0.1, -0.05) is 41.4 Å². The lowest BCUT2D eigenvalue weighted by Crippen LogP contribution is -2.38. The molecule has 266 valence electrons. The Morgan fingerprint density at radius 2 is 1.65 bits per heavy atom. The van der Waals surface area contributed by atoms with Crippen molar-refractivity contribution in [2.45, 2.75) is 38.3 Å². The summed E-state index contributed by atoms with van der Waals surface area (Å²) < 4.78 is 88.1. The van der Waals surface area contributed by atoms with Crippen molar-refractivity contribution in [1.82, 2.24) is 19.4 Å². The van der Waals surface area contributed by atoms with E-state index in [1.54, 1.807) is 25.1 Å². The minimum Gasteiger partial charge on any atom is -0.484 e. The second kappa shape index (κ2) is 15.0. The topological polar surface area (TPSA) is 104 Å². The Morgan fingerprint density at radius 1 is 0.922 bits per heavy atom. The van der Waals surface area contributed by atoms with Gasteiger partial charge in [0, 0.05) is 18.9 Å². The highest BCUT2D eigenvalue weighted by molar-refractivity contribution is 6.42. The molecule has 0 saturated heterocycles. The number of carbonyl (C=O) groups excluding carboxylic acids is 2. The molecular weight excluding hydrogens is 729 g/mol. The van der Waals surface area contributed by atoms with Gasteiger partial charge in [-0.25, -0.2) is 9.78 Å². The Morgan fingerprint density at radius 3 is 2.27 bits per heavy atom. The van der Waals surface area contributed by atoms with Crippen LogP contribution >= 0.6 is 23.2 Å². The molecule has 0 aliphatic rings. The first-order valence-electron chi connectivity index (χ1n) is 14.8. The highest BCUT2D eigenvalue weighted by Crippen LogP contribution is 2.31. The van der Waals surface area contributed by atoms with Crippen LogP contribution < -0.4 is 15.0 Å². The van der Waals surface area contributed by atoms with Gasteiger partial charge in [0.1, 0.15) is 22.7 Å². The molecule has 1 atom stereocenters. The van der Waals surface area contributed by atoms with E-state index in [1.165, 1.54) is 53.7 Å². The van der Waals surface area contributed by atoms with Crippen LogP contribution in [0.5, 0.6) is 11.5 Å². The van der Waals surface area contributed by atoms with Crippen LogP contribution in [0.15, 0.2) is 90.0 Å². The van der Waals surface area contributed by atoms with E-state index in [0.717, 1.165) is 22.8 Å². The maximum absolute atomic E-state index is 14.3. The van der Waals surface area contributed by atoms with Crippen LogP contribution in [-0.2, 0) is 22.6 Å². The number of hydrogen-bond donors (Lipinski definition) is 0. The van der Waals surface area contributed by atoms with Gasteiger partial charge in [0.05, 0.1) is 33.7 Å². The van der Waals surface area contributed by atoms with Crippen molar-refractivity contribution < 1.29 is 45.4 Å². The van der Waals surface area contributed by atoms with Gasteiger partial charge in [-0.15, -0.1) is 0 Å². The fourth-order valence-electron chi connectivity index (χ4n) is 5.04. The molecule has 0 radical (unpaired) electrons. The molecule has 1 amide bonds. The van der Waals surface area contributed by atoms with Crippen LogP contribution in [0.25, 0.3) is 16.6 Å². The fourth-order valence-corrected chi connectivity index (χ4v) is 5.36. The number of rotatable bonds is 10. The van der Waals surface area contributed by atoms with Crippen molar-refractivity contribution in [1.29, 1.82) is 0 Å². The van der Waals surface area contributed by atoms with Gasteiger partial charge in [-0.05, 0) is 72.6 Å². The number of halogens is 8. The molecule has 0 fully saturated rings. The van der Waals surface area contributed by atoms with Crippen LogP contribution in [0.4, 0.5) is 26.3 Å². The van der Waals surface area contributed by atoms with Crippen LogP contribution in [0.1, 0.15) is 29.9 Å². The fraction of sp³-hybridized carbons (Fsp3) is 0.206. The van der Waals surface area contributed by atoms with E-state index >= 15 is 0 Å². The standard InChI is InChI=1S/C34H24Cl2F6N4O5/c1-19(45(17-21-4-3-13-43-16-21)28(47)15-20-7-12-24(35)25(36)14-20)30-44-26-5-2-6-27(51-32(49)34(40,41)42)29(26)31(48)46(30)22-8-10-23(11-9-22)50-18-33(37,38)39/h2-14,16,19H,15,17-18H2,1H3/t19-/m1/s1. The molecule has 0 unspecified atom stereocenters. The van der Waals surface area contributed by atoms with E-state index < -0.39 is 53.6 Å². The second-order valence-electron chi connectivity index (χ2n) is 11.0. The molecule has 2 aromatic heterocycles. The summed E-state index contributed by atoms with van der Waals surface area (Å²) in [5.41, 5.74) is -0.0873. The lowest BCUT2D eigenvalue weighted by atomic mass is 10.1. The summed E-state index contributed by atoms with van der Waals surface area (Å²) in [5.74, 6) is -4.09. The maximum Gasteiger partial charge on any atom is 0.491 e. The van der Waals surface area contributed by atoms with E-state index in [2.05, 4.69) is 14.7 Å². The minimum atomic E-state index is -5.39. The molecule has 9 nitrogen and oxygen atoms in total. The van der Waals surface area contributed by atoms with Gasteiger partial charge in [-0.2, -0.15) is 26.3 Å². The number of ether oxygens (including phenoxy) is 2. The second-order valence-corrected chi connectivity index (χ2v) is 11.8. The summed E-state index contributed by atoms with van der Waals surface area (Å²) in [5, 5.41) is -0.0270. The molecule has 0 saturated carbocycles. The molecule has 17 heteroatoms. The van der Waals surface area contributed by atoms with Crippen LogP contribution in [0, 0.1) is 0 Å². The van der Waals surface area contributed by atoms with Crippen LogP contribution in [-0.4, -0.2) is 50.3 Å². The molecule has 0 aliphatic carbocycles. The first-order chi connectivity index (χ1) is 24.0. The van der Waals surface area contributed by atoms with Crippen molar-refractivity contribution in [3.05, 3.63) is 123 Å². The number of benzene rings is 3. The molecule has 2 heterocycles. The largest absolute Gasteiger partial charge is 0.491 e. The van der Waals surface area contributed by atoms with E-state index in [-0.39, 0.29) is 45.8 Å². The number of carbonyl (C=O) groups is 2. The molecule has 0 spiro atoms. The highest BCUT2D eigenvalue weighted by Gasteiger charge is 2.42. The zero-order valence-corrected chi connectivity index (χ0v) is 27.6. The number of amides is 1. The Hall–Kier alpha value is -5.15. The lowest BCUT2D eigenvalue weighted by Gasteiger charge is -2.31. The predicted octanol–water partition coefficient (Wildman–Crippen LogP) is 7.83.